The first-order valence-corrected chi connectivity index (χ1v) is 4.85. The Morgan fingerprint density at radius 1 is 1.43 bits per heavy atom. The zero-order valence-corrected chi connectivity index (χ0v) is 8.37. The van der Waals surface area contributed by atoms with Crippen molar-refractivity contribution in [2.24, 2.45) is 0 Å². The molecule has 0 saturated carbocycles. The van der Waals surface area contributed by atoms with E-state index in [0.717, 1.165) is 5.56 Å². The molecule has 14 heavy (non-hydrogen) atoms. The molecular formula is C10H10ClN2O. The average Bonchev–Trinajstić information content (AvgIpc) is 2.56. The van der Waals surface area contributed by atoms with Crippen LogP contribution in [0.4, 0.5) is 4.79 Å². The van der Waals surface area contributed by atoms with Gasteiger partial charge in [0.15, 0.2) is 0 Å². The molecule has 2 rings (SSSR count). The van der Waals surface area contributed by atoms with Gasteiger partial charge in [0.2, 0.25) is 0 Å². The van der Waals surface area contributed by atoms with E-state index < -0.39 is 0 Å². The molecule has 0 atom stereocenters. The van der Waals surface area contributed by atoms with Crippen molar-refractivity contribution in [2.75, 3.05) is 13.1 Å². The summed E-state index contributed by atoms with van der Waals surface area (Å²) >= 11 is 5.98. The fourth-order valence-corrected chi connectivity index (χ4v) is 1.64. The van der Waals surface area contributed by atoms with E-state index in [0.29, 0.717) is 24.7 Å². The lowest BCUT2D eigenvalue weighted by molar-refractivity contribution is 0.215. The van der Waals surface area contributed by atoms with Gasteiger partial charge in [-0.1, -0.05) is 29.8 Å². The smallest absolute Gasteiger partial charge is 0.317 e. The number of hydrogen-bond donors (Lipinski definition) is 0. The number of rotatable bonds is 2. The number of hydrogen-bond acceptors (Lipinski definition) is 1. The van der Waals surface area contributed by atoms with Crippen molar-refractivity contribution in [3.05, 3.63) is 34.9 Å². The minimum absolute atomic E-state index is 0.134. The Kier molecular flexibility index (Phi) is 2.59. The van der Waals surface area contributed by atoms with Crippen molar-refractivity contribution in [3.8, 4) is 0 Å². The van der Waals surface area contributed by atoms with Crippen molar-refractivity contribution < 1.29 is 4.79 Å². The number of carbonyl (C=O) groups excluding carboxylic acids is 1. The third-order valence-electron chi connectivity index (χ3n) is 2.21. The van der Waals surface area contributed by atoms with Gasteiger partial charge in [-0.15, -0.1) is 0 Å². The van der Waals surface area contributed by atoms with Crippen LogP contribution in [0, 0.1) is 0 Å². The summed E-state index contributed by atoms with van der Waals surface area (Å²) in [4.78, 5) is 12.9. The Labute approximate surface area is 87.7 Å². The molecule has 0 N–H and O–H groups in total. The predicted octanol–water partition coefficient (Wildman–Crippen LogP) is 1.88. The molecule has 1 heterocycles. The lowest BCUT2D eigenvalue weighted by Gasteiger charge is -2.14. The van der Waals surface area contributed by atoms with Gasteiger partial charge in [-0.3, -0.25) is 0 Å². The quantitative estimate of drug-likeness (QED) is 0.733. The predicted molar refractivity (Wildman–Crippen MR) is 54.3 cm³/mol. The number of amides is 2. The van der Waals surface area contributed by atoms with Crippen LogP contribution in [0.15, 0.2) is 24.3 Å². The molecule has 2 amide bonds. The van der Waals surface area contributed by atoms with Gasteiger partial charge in [0.05, 0.1) is 6.54 Å². The molecule has 0 aliphatic carbocycles. The van der Waals surface area contributed by atoms with E-state index in [2.05, 4.69) is 5.32 Å². The SMILES string of the molecule is O=C1[N]CCN1Cc1ccccc1Cl. The monoisotopic (exact) mass is 209 g/mol. The summed E-state index contributed by atoms with van der Waals surface area (Å²) in [5.74, 6) is 0. The summed E-state index contributed by atoms with van der Waals surface area (Å²) in [6.45, 7) is 1.86. The van der Waals surface area contributed by atoms with Crippen LogP contribution < -0.4 is 5.32 Å². The van der Waals surface area contributed by atoms with Crippen molar-refractivity contribution in [1.82, 2.24) is 10.2 Å². The van der Waals surface area contributed by atoms with E-state index >= 15 is 0 Å². The second-order valence-corrected chi connectivity index (χ2v) is 3.58. The van der Waals surface area contributed by atoms with E-state index in [1.54, 1.807) is 4.90 Å². The minimum atomic E-state index is -0.134. The van der Waals surface area contributed by atoms with Gasteiger partial charge >= 0.3 is 6.03 Å². The molecule has 0 aromatic heterocycles. The molecule has 1 saturated heterocycles. The van der Waals surface area contributed by atoms with E-state index in [1.807, 2.05) is 24.3 Å². The third kappa shape index (κ3) is 1.82. The summed E-state index contributed by atoms with van der Waals surface area (Å²) in [7, 11) is 0. The van der Waals surface area contributed by atoms with Crippen molar-refractivity contribution in [3.63, 3.8) is 0 Å². The van der Waals surface area contributed by atoms with Gasteiger partial charge < -0.3 is 4.90 Å². The lowest BCUT2D eigenvalue weighted by atomic mass is 10.2. The first kappa shape index (κ1) is 9.34. The van der Waals surface area contributed by atoms with Gasteiger partial charge in [0, 0.05) is 18.1 Å². The van der Waals surface area contributed by atoms with Crippen LogP contribution in [0.1, 0.15) is 5.56 Å². The normalized spacial score (nSPS) is 15.8. The number of halogens is 1. The first-order valence-electron chi connectivity index (χ1n) is 4.47. The van der Waals surface area contributed by atoms with Crippen LogP contribution in [0.25, 0.3) is 0 Å². The molecule has 1 aromatic rings. The zero-order chi connectivity index (χ0) is 9.97. The standard InChI is InChI=1S/C10H10ClN2O/c11-9-4-2-1-3-8(9)7-13-6-5-12-10(13)14/h1-4H,5-7H2. The molecule has 1 fully saturated rings. The topological polar surface area (TPSA) is 34.4 Å². The maximum Gasteiger partial charge on any atom is 0.339 e. The molecule has 1 radical (unpaired) electrons. The van der Waals surface area contributed by atoms with Crippen LogP contribution in [0.5, 0.6) is 0 Å². The Morgan fingerprint density at radius 2 is 2.21 bits per heavy atom. The number of carbonyl (C=O) groups is 1. The Balaban J connectivity index is 2.10. The van der Waals surface area contributed by atoms with Gasteiger partial charge in [0.25, 0.3) is 0 Å². The second-order valence-electron chi connectivity index (χ2n) is 3.18. The van der Waals surface area contributed by atoms with Crippen molar-refractivity contribution in [2.45, 2.75) is 6.54 Å². The fraction of sp³-hybridized carbons (Fsp3) is 0.300. The van der Waals surface area contributed by atoms with E-state index in [4.69, 9.17) is 11.6 Å². The zero-order valence-electron chi connectivity index (χ0n) is 7.61. The Morgan fingerprint density at radius 3 is 2.86 bits per heavy atom. The third-order valence-corrected chi connectivity index (χ3v) is 2.58. The highest BCUT2D eigenvalue weighted by molar-refractivity contribution is 6.31. The van der Waals surface area contributed by atoms with Gasteiger partial charge in [0.1, 0.15) is 0 Å². The molecule has 4 heteroatoms. The summed E-state index contributed by atoms with van der Waals surface area (Å²) < 4.78 is 0. The maximum atomic E-state index is 11.2. The molecule has 1 aliphatic heterocycles. The number of urea groups is 1. The molecule has 1 aromatic carbocycles. The van der Waals surface area contributed by atoms with Crippen LogP contribution in [-0.2, 0) is 6.54 Å². The molecule has 0 bridgehead atoms. The fourth-order valence-electron chi connectivity index (χ4n) is 1.44. The molecule has 3 nitrogen and oxygen atoms in total. The van der Waals surface area contributed by atoms with E-state index in [9.17, 15) is 4.79 Å². The molecule has 73 valence electrons. The van der Waals surface area contributed by atoms with Crippen LogP contribution in [-0.4, -0.2) is 24.0 Å². The molecule has 0 spiro atoms. The van der Waals surface area contributed by atoms with E-state index in [1.165, 1.54) is 0 Å². The highest BCUT2D eigenvalue weighted by Crippen LogP contribution is 2.17. The highest BCUT2D eigenvalue weighted by atomic mass is 35.5. The molecule has 1 aliphatic rings. The van der Waals surface area contributed by atoms with Gasteiger partial charge in [-0.25, -0.2) is 10.1 Å². The first-order chi connectivity index (χ1) is 6.77. The number of nitrogens with zero attached hydrogens (tertiary/aromatic N) is 2. The van der Waals surface area contributed by atoms with Gasteiger partial charge in [-0.2, -0.15) is 0 Å². The van der Waals surface area contributed by atoms with Crippen LogP contribution in [0.2, 0.25) is 5.02 Å². The summed E-state index contributed by atoms with van der Waals surface area (Å²) in [5.41, 5.74) is 0.972. The largest absolute Gasteiger partial charge is 0.339 e. The summed E-state index contributed by atoms with van der Waals surface area (Å²) in [6.07, 6.45) is 0. The summed E-state index contributed by atoms with van der Waals surface area (Å²) in [6, 6.07) is 7.41. The maximum absolute atomic E-state index is 11.2. The Hall–Kier alpha value is -1.22. The highest BCUT2D eigenvalue weighted by Gasteiger charge is 2.21. The van der Waals surface area contributed by atoms with Crippen molar-refractivity contribution >= 4 is 17.6 Å². The van der Waals surface area contributed by atoms with E-state index in [-0.39, 0.29) is 6.03 Å². The van der Waals surface area contributed by atoms with Crippen molar-refractivity contribution in [1.29, 1.82) is 0 Å². The molecular weight excluding hydrogens is 200 g/mol. The molecule has 0 unspecified atom stereocenters. The van der Waals surface area contributed by atoms with Gasteiger partial charge in [-0.05, 0) is 11.6 Å². The lowest BCUT2D eigenvalue weighted by Crippen LogP contribution is -2.25. The van der Waals surface area contributed by atoms with Crippen LogP contribution >= 0.6 is 11.6 Å². The average molecular weight is 210 g/mol. The number of benzene rings is 1. The summed E-state index contributed by atoms with van der Waals surface area (Å²) in [5, 5.41) is 4.49. The minimum Gasteiger partial charge on any atom is -0.317 e. The van der Waals surface area contributed by atoms with Crippen LogP contribution in [0.3, 0.4) is 0 Å². The Bertz CT molecular complexity index is 354. The second kappa shape index (κ2) is 3.88.